The Morgan fingerprint density at radius 1 is 0.833 bits per heavy atom. The second-order valence-corrected chi connectivity index (χ2v) is 14.7. The lowest BCUT2D eigenvalue weighted by atomic mass is 9.94. The molecule has 0 bridgehead atoms. The van der Waals surface area contributed by atoms with Gasteiger partial charge in [-0.1, -0.05) is 95.9 Å². The van der Waals surface area contributed by atoms with Gasteiger partial charge < -0.3 is 15.0 Å². The number of ether oxygens (including phenoxy) is 1. The highest BCUT2D eigenvalue weighted by molar-refractivity contribution is 9.10. The van der Waals surface area contributed by atoms with Gasteiger partial charge in [0, 0.05) is 23.5 Å². The zero-order valence-corrected chi connectivity index (χ0v) is 29.5. The fourth-order valence-electron chi connectivity index (χ4n) is 6.01. The Balaban J connectivity index is 1.53. The molecule has 0 aliphatic heterocycles. The molecule has 0 heterocycles. The summed E-state index contributed by atoms with van der Waals surface area (Å²) in [6, 6.07) is 31.1. The van der Waals surface area contributed by atoms with Gasteiger partial charge in [0.25, 0.3) is 10.0 Å². The summed E-state index contributed by atoms with van der Waals surface area (Å²) in [5, 5.41) is 3.24. The number of anilines is 1. The number of benzene rings is 4. The van der Waals surface area contributed by atoms with Crippen molar-refractivity contribution in [1.29, 1.82) is 0 Å². The normalized spacial score (nSPS) is 14.1. The lowest BCUT2D eigenvalue weighted by Gasteiger charge is -2.35. The minimum atomic E-state index is -4.20. The number of nitrogens with zero attached hydrogens (tertiary/aromatic N) is 2. The number of amides is 2. The number of nitrogens with one attached hydrogen (secondary N) is 1. The molecule has 252 valence electrons. The van der Waals surface area contributed by atoms with E-state index in [0.29, 0.717) is 18.0 Å². The largest absolute Gasteiger partial charge is 0.494 e. The van der Waals surface area contributed by atoms with Crippen LogP contribution in [0.15, 0.2) is 119 Å². The van der Waals surface area contributed by atoms with Gasteiger partial charge >= 0.3 is 0 Å². The van der Waals surface area contributed by atoms with Crippen molar-refractivity contribution in [2.24, 2.45) is 0 Å². The molecule has 1 unspecified atom stereocenters. The average Bonchev–Trinajstić information content (AvgIpc) is 3.11. The predicted octanol–water partition coefficient (Wildman–Crippen LogP) is 7.13. The molecule has 1 aliphatic rings. The van der Waals surface area contributed by atoms with Crippen molar-refractivity contribution in [3.05, 3.63) is 125 Å². The number of carbonyl (C=O) groups excluding carboxylic acids is 2. The fourth-order valence-corrected chi connectivity index (χ4v) is 7.69. The van der Waals surface area contributed by atoms with Crippen LogP contribution in [0.3, 0.4) is 0 Å². The van der Waals surface area contributed by atoms with E-state index < -0.39 is 28.5 Å². The van der Waals surface area contributed by atoms with E-state index in [9.17, 15) is 18.0 Å². The first-order chi connectivity index (χ1) is 23.2. The summed E-state index contributed by atoms with van der Waals surface area (Å²) in [6.07, 6.45) is 5.31. The van der Waals surface area contributed by atoms with Crippen LogP contribution in [-0.2, 0) is 32.6 Å². The molecule has 10 heteroatoms. The van der Waals surface area contributed by atoms with E-state index in [-0.39, 0.29) is 29.8 Å². The van der Waals surface area contributed by atoms with Crippen LogP contribution in [0.2, 0.25) is 0 Å². The fraction of sp³-hybridized carbons (Fsp3) is 0.316. The van der Waals surface area contributed by atoms with Crippen LogP contribution in [0.4, 0.5) is 5.69 Å². The van der Waals surface area contributed by atoms with Crippen molar-refractivity contribution in [2.75, 3.05) is 17.5 Å². The maximum Gasteiger partial charge on any atom is 0.264 e. The van der Waals surface area contributed by atoms with Crippen molar-refractivity contribution >= 4 is 43.5 Å². The average molecular weight is 733 g/mol. The first kappa shape index (κ1) is 35.2. The summed E-state index contributed by atoms with van der Waals surface area (Å²) in [6.45, 7) is 1.92. The third-order valence-electron chi connectivity index (χ3n) is 8.53. The van der Waals surface area contributed by atoms with Crippen molar-refractivity contribution in [2.45, 2.75) is 69.0 Å². The number of halogens is 1. The summed E-state index contributed by atoms with van der Waals surface area (Å²) >= 11 is 3.48. The molecule has 0 spiro atoms. The van der Waals surface area contributed by atoms with E-state index in [0.717, 1.165) is 52.0 Å². The SMILES string of the molecule is CCOc1ccc(S(=O)(=O)N(CC(=O)N(Cc2ccc(Br)cc2)C(Cc2ccccc2)C(=O)NC2CCCCC2)c2ccccc2)cc1. The topological polar surface area (TPSA) is 96.0 Å². The maximum absolute atomic E-state index is 14.7. The van der Waals surface area contributed by atoms with E-state index in [1.807, 2.05) is 61.5 Å². The highest BCUT2D eigenvalue weighted by Crippen LogP contribution is 2.27. The Hall–Kier alpha value is -4.15. The molecule has 5 rings (SSSR count). The van der Waals surface area contributed by atoms with Crippen molar-refractivity contribution < 1.29 is 22.7 Å². The third-order valence-corrected chi connectivity index (χ3v) is 10.9. The number of para-hydroxylation sites is 1. The Morgan fingerprint density at radius 2 is 1.46 bits per heavy atom. The second kappa shape index (κ2) is 16.8. The molecule has 4 aromatic rings. The van der Waals surface area contributed by atoms with Crippen LogP contribution in [0.25, 0.3) is 0 Å². The molecule has 48 heavy (non-hydrogen) atoms. The molecule has 1 aliphatic carbocycles. The quantitative estimate of drug-likeness (QED) is 0.149. The van der Waals surface area contributed by atoms with Crippen molar-refractivity contribution in [3.63, 3.8) is 0 Å². The smallest absolute Gasteiger partial charge is 0.264 e. The first-order valence-corrected chi connectivity index (χ1v) is 18.7. The van der Waals surface area contributed by atoms with Crippen LogP contribution in [0.1, 0.15) is 50.2 Å². The van der Waals surface area contributed by atoms with E-state index in [1.54, 1.807) is 42.5 Å². The molecular formula is C38H42BrN3O5S. The Morgan fingerprint density at radius 3 is 2.08 bits per heavy atom. The molecule has 1 fully saturated rings. The van der Waals surface area contributed by atoms with Gasteiger partial charge in [-0.2, -0.15) is 0 Å². The van der Waals surface area contributed by atoms with Crippen LogP contribution >= 0.6 is 15.9 Å². The molecule has 4 aromatic carbocycles. The number of sulfonamides is 1. The van der Waals surface area contributed by atoms with Gasteiger partial charge in [0.15, 0.2) is 0 Å². The standard InChI is InChI=1S/C38H42BrN3O5S/c1-2-47-34-22-24-35(25-23-34)48(45,46)42(33-16-10-5-11-17-33)28-37(43)41(27-30-18-20-31(39)21-19-30)36(26-29-12-6-3-7-13-29)38(44)40-32-14-8-4-9-15-32/h3,5-7,10-13,16-25,32,36H,2,4,8-9,14-15,26-28H2,1H3,(H,40,44). The van der Waals surface area contributed by atoms with E-state index >= 15 is 0 Å². The van der Waals surface area contributed by atoms with Gasteiger partial charge in [-0.15, -0.1) is 0 Å². The molecular weight excluding hydrogens is 690 g/mol. The van der Waals surface area contributed by atoms with Gasteiger partial charge in [-0.05, 0) is 79.4 Å². The molecule has 1 atom stereocenters. The lowest BCUT2D eigenvalue weighted by molar-refractivity contribution is -0.140. The Bertz CT molecular complexity index is 1730. The molecule has 2 amide bonds. The summed E-state index contributed by atoms with van der Waals surface area (Å²) < 4.78 is 36.0. The summed E-state index contributed by atoms with van der Waals surface area (Å²) in [5.41, 5.74) is 2.06. The van der Waals surface area contributed by atoms with E-state index in [2.05, 4.69) is 21.2 Å². The van der Waals surface area contributed by atoms with Crippen LogP contribution < -0.4 is 14.4 Å². The lowest BCUT2D eigenvalue weighted by Crippen LogP contribution is -2.55. The summed E-state index contributed by atoms with van der Waals surface area (Å²) in [7, 11) is -4.20. The number of hydrogen-bond acceptors (Lipinski definition) is 5. The van der Waals surface area contributed by atoms with Gasteiger partial charge in [0.05, 0.1) is 17.2 Å². The van der Waals surface area contributed by atoms with Crippen LogP contribution in [0, 0.1) is 0 Å². The molecule has 0 radical (unpaired) electrons. The van der Waals surface area contributed by atoms with Crippen molar-refractivity contribution in [3.8, 4) is 5.75 Å². The zero-order valence-electron chi connectivity index (χ0n) is 27.1. The minimum Gasteiger partial charge on any atom is -0.494 e. The monoisotopic (exact) mass is 731 g/mol. The Kier molecular flexibility index (Phi) is 12.3. The van der Waals surface area contributed by atoms with Crippen LogP contribution in [0.5, 0.6) is 5.75 Å². The highest BCUT2D eigenvalue weighted by Gasteiger charge is 2.35. The van der Waals surface area contributed by atoms with Gasteiger partial charge in [-0.3, -0.25) is 13.9 Å². The van der Waals surface area contributed by atoms with Gasteiger partial charge in [-0.25, -0.2) is 8.42 Å². The Labute approximate surface area is 292 Å². The second-order valence-electron chi connectivity index (χ2n) is 11.9. The summed E-state index contributed by atoms with van der Waals surface area (Å²) in [5.74, 6) is -0.181. The van der Waals surface area contributed by atoms with Crippen molar-refractivity contribution in [1.82, 2.24) is 10.2 Å². The minimum absolute atomic E-state index is 0.0259. The summed E-state index contributed by atoms with van der Waals surface area (Å²) in [4.78, 5) is 30.4. The van der Waals surface area contributed by atoms with Gasteiger partial charge in [0.2, 0.25) is 11.8 Å². The highest BCUT2D eigenvalue weighted by atomic mass is 79.9. The number of rotatable bonds is 14. The molecule has 1 N–H and O–H groups in total. The zero-order chi connectivity index (χ0) is 33.9. The van der Waals surface area contributed by atoms with E-state index in [1.165, 1.54) is 17.0 Å². The van der Waals surface area contributed by atoms with Crippen LogP contribution in [-0.4, -0.2) is 50.4 Å². The predicted molar refractivity (Wildman–Crippen MR) is 192 cm³/mol. The maximum atomic E-state index is 14.7. The first-order valence-electron chi connectivity index (χ1n) is 16.4. The number of carbonyl (C=O) groups is 2. The molecule has 0 saturated heterocycles. The molecule has 8 nitrogen and oxygen atoms in total. The van der Waals surface area contributed by atoms with Gasteiger partial charge in [0.1, 0.15) is 18.3 Å². The van der Waals surface area contributed by atoms with E-state index in [4.69, 9.17) is 4.74 Å². The molecule has 1 saturated carbocycles. The number of hydrogen-bond donors (Lipinski definition) is 1. The third kappa shape index (κ3) is 9.26. The molecule has 0 aromatic heterocycles.